The van der Waals surface area contributed by atoms with Gasteiger partial charge in [0.05, 0.1) is 0 Å². The third-order valence-electron chi connectivity index (χ3n) is 8.67. The maximum absolute atomic E-state index is 13.3. The number of nitrogens with zero attached hydrogens (tertiary/aromatic N) is 2. The van der Waals surface area contributed by atoms with Crippen molar-refractivity contribution in [2.75, 3.05) is 27.7 Å². The maximum atomic E-state index is 13.3. The summed E-state index contributed by atoms with van der Waals surface area (Å²) in [5.74, 6) is 1.60. The van der Waals surface area contributed by atoms with Crippen LogP contribution < -0.4 is 9.47 Å². The Kier molecular flexibility index (Phi) is 12.2. The fourth-order valence-corrected chi connectivity index (χ4v) is 6.28. The first-order chi connectivity index (χ1) is 23.7. The van der Waals surface area contributed by atoms with Crippen molar-refractivity contribution in [1.82, 2.24) is 9.80 Å². The van der Waals surface area contributed by atoms with Crippen molar-refractivity contribution in [3.63, 3.8) is 0 Å². The van der Waals surface area contributed by atoms with Crippen LogP contribution >= 0.6 is 11.8 Å². The first-order valence-electron chi connectivity index (χ1n) is 16.5. The average molecular weight is 673 g/mol. The molecule has 0 N–H and O–H groups in total. The Morgan fingerprint density at radius 1 is 0.633 bits per heavy atom. The van der Waals surface area contributed by atoms with Crippen molar-refractivity contribution >= 4 is 22.9 Å². The summed E-state index contributed by atoms with van der Waals surface area (Å²) in [5.41, 5.74) is 4.87. The minimum Gasteiger partial charge on any atom is -0.489 e. The van der Waals surface area contributed by atoms with Gasteiger partial charge in [-0.05, 0) is 95.4 Å². The lowest BCUT2D eigenvalue weighted by atomic mass is 9.73. The van der Waals surface area contributed by atoms with E-state index in [4.69, 9.17) is 9.47 Å². The third kappa shape index (κ3) is 9.77. The lowest BCUT2D eigenvalue weighted by molar-refractivity contribution is 0.0791. The Morgan fingerprint density at radius 2 is 1.10 bits per heavy atom. The molecule has 6 nitrogen and oxygen atoms in total. The Hall–Kier alpha value is -5.01. The van der Waals surface area contributed by atoms with Gasteiger partial charge in [0, 0.05) is 43.6 Å². The lowest BCUT2D eigenvalue weighted by Gasteiger charge is -2.32. The lowest BCUT2D eigenvalue weighted by Crippen LogP contribution is -2.30. The number of rotatable bonds is 14. The van der Waals surface area contributed by atoms with E-state index in [1.807, 2.05) is 79.8 Å². The minimum atomic E-state index is -0.322. The van der Waals surface area contributed by atoms with Crippen LogP contribution in [-0.4, -0.2) is 48.6 Å². The molecule has 0 aliphatic heterocycles. The summed E-state index contributed by atoms with van der Waals surface area (Å²) in [6.45, 7) is 3.89. The summed E-state index contributed by atoms with van der Waals surface area (Å²) in [7, 11) is 5.29. The highest BCUT2D eigenvalue weighted by Crippen LogP contribution is 2.38. The number of thioether (sulfide) groups is 1. The zero-order chi connectivity index (χ0) is 34.6. The number of hydrogen-bond acceptors (Lipinski definition) is 5. The Balaban J connectivity index is 1.27. The van der Waals surface area contributed by atoms with Gasteiger partial charge in [-0.25, -0.2) is 0 Å². The van der Waals surface area contributed by atoms with E-state index in [-0.39, 0.29) is 16.6 Å². The molecular weight excluding hydrogens is 629 g/mol. The summed E-state index contributed by atoms with van der Waals surface area (Å²) in [4.78, 5) is 29.5. The van der Waals surface area contributed by atoms with E-state index < -0.39 is 0 Å². The standard InChI is InChI=1S/C42H44N2O4S/c1-42(35-18-22-37(23-19-35)47-30-32-12-7-5-8-13-32,36-20-24-38(25-21-36)48-31-33-14-9-6-10-15-33)28-11-29-44(4)40(45)34-16-26-39(27-17-34)49-41(46)43(2)3/h5-10,12-27H,11,28-31H2,1-4H3. The van der Waals surface area contributed by atoms with Crippen LogP contribution in [0, 0.1) is 0 Å². The number of hydrogen-bond donors (Lipinski definition) is 0. The SMILES string of the molecule is CN(C)C(=O)Sc1ccc(C(=O)N(C)CCCC(C)(c2ccc(OCc3ccccc3)cc2)c2ccc(OCc3ccccc3)cc2)cc1. The molecular formula is C42H44N2O4S. The van der Waals surface area contributed by atoms with Crippen molar-refractivity contribution in [2.45, 2.75) is 43.3 Å². The molecule has 5 aromatic carbocycles. The molecule has 49 heavy (non-hydrogen) atoms. The van der Waals surface area contributed by atoms with E-state index in [2.05, 4.69) is 55.5 Å². The van der Waals surface area contributed by atoms with Gasteiger partial charge >= 0.3 is 0 Å². The second-order valence-corrected chi connectivity index (χ2v) is 13.6. The fourth-order valence-electron chi connectivity index (χ4n) is 5.62. The van der Waals surface area contributed by atoms with E-state index in [0.717, 1.165) is 52.1 Å². The van der Waals surface area contributed by atoms with Crippen molar-refractivity contribution in [3.05, 3.63) is 161 Å². The van der Waals surface area contributed by atoms with E-state index in [1.54, 1.807) is 31.1 Å². The molecule has 0 heterocycles. The monoisotopic (exact) mass is 672 g/mol. The van der Waals surface area contributed by atoms with Crippen LogP contribution in [0.4, 0.5) is 4.79 Å². The smallest absolute Gasteiger partial charge is 0.285 e. The summed E-state index contributed by atoms with van der Waals surface area (Å²) in [6, 6.07) is 44.3. The molecule has 5 aromatic rings. The normalized spacial score (nSPS) is 11.1. The van der Waals surface area contributed by atoms with Gasteiger partial charge in [-0.2, -0.15) is 0 Å². The van der Waals surface area contributed by atoms with Gasteiger partial charge in [0.15, 0.2) is 0 Å². The number of benzene rings is 5. The molecule has 0 aliphatic rings. The number of ether oxygens (including phenoxy) is 2. The predicted molar refractivity (Wildman–Crippen MR) is 198 cm³/mol. The molecule has 252 valence electrons. The summed E-state index contributed by atoms with van der Waals surface area (Å²) >= 11 is 1.14. The average Bonchev–Trinajstić information content (AvgIpc) is 3.14. The molecule has 0 bridgehead atoms. The first-order valence-corrected chi connectivity index (χ1v) is 17.3. The molecule has 0 radical (unpaired) electrons. The molecule has 0 fully saturated rings. The molecule has 0 saturated carbocycles. The first kappa shape index (κ1) is 35.3. The van der Waals surface area contributed by atoms with Gasteiger partial charge < -0.3 is 19.3 Å². The highest BCUT2D eigenvalue weighted by molar-refractivity contribution is 8.13. The van der Waals surface area contributed by atoms with Crippen LogP contribution in [0.5, 0.6) is 11.5 Å². The molecule has 0 saturated heterocycles. The maximum Gasteiger partial charge on any atom is 0.285 e. The molecule has 7 heteroatoms. The van der Waals surface area contributed by atoms with Crippen LogP contribution in [0.25, 0.3) is 0 Å². The van der Waals surface area contributed by atoms with Gasteiger partial charge in [0.1, 0.15) is 24.7 Å². The number of carbonyl (C=O) groups is 2. The topological polar surface area (TPSA) is 59.1 Å². The molecule has 5 rings (SSSR count). The third-order valence-corrected chi connectivity index (χ3v) is 9.72. The molecule has 0 atom stereocenters. The predicted octanol–water partition coefficient (Wildman–Crippen LogP) is 9.48. The van der Waals surface area contributed by atoms with Crippen molar-refractivity contribution < 1.29 is 19.1 Å². The molecule has 0 unspecified atom stereocenters. The summed E-state index contributed by atoms with van der Waals surface area (Å²) in [5, 5.41) is -0.0528. The summed E-state index contributed by atoms with van der Waals surface area (Å²) in [6.07, 6.45) is 1.61. The van der Waals surface area contributed by atoms with Crippen molar-refractivity contribution in [3.8, 4) is 11.5 Å². The van der Waals surface area contributed by atoms with Gasteiger partial charge in [-0.1, -0.05) is 91.9 Å². The molecule has 0 aromatic heterocycles. The van der Waals surface area contributed by atoms with E-state index >= 15 is 0 Å². The zero-order valence-electron chi connectivity index (χ0n) is 28.7. The van der Waals surface area contributed by atoms with Crippen LogP contribution in [0.15, 0.2) is 138 Å². The van der Waals surface area contributed by atoms with Gasteiger partial charge in [0.2, 0.25) is 0 Å². The van der Waals surface area contributed by atoms with Gasteiger partial charge in [0.25, 0.3) is 11.1 Å². The summed E-state index contributed by atoms with van der Waals surface area (Å²) < 4.78 is 12.2. The molecule has 2 amide bonds. The molecule has 0 aliphatic carbocycles. The second kappa shape index (κ2) is 16.9. The minimum absolute atomic E-state index is 0.0444. The van der Waals surface area contributed by atoms with Gasteiger partial charge in [-0.3, -0.25) is 9.59 Å². The number of carbonyl (C=O) groups excluding carboxylic acids is 2. The van der Waals surface area contributed by atoms with E-state index in [1.165, 1.54) is 16.0 Å². The van der Waals surface area contributed by atoms with E-state index in [0.29, 0.717) is 25.3 Å². The Morgan fingerprint density at radius 3 is 1.55 bits per heavy atom. The van der Waals surface area contributed by atoms with Crippen molar-refractivity contribution in [2.24, 2.45) is 0 Å². The quantitative estimate of drug-likeness (QED) is 0.110. The molecule has 0 spiro atoms. The largest absolute Gasteiger partial charge is 0.489 e. The highest BCUT2D eigenvalue weighted by atomic mass is 32.2. The van der Waals surface area contributed by atoms with Crippen LogP contribution in [0.3, 0.4) is 0 Å². The Labute approximate surface area is 294 Å². The Bertz CT molecular complexity index is 1690. The van der Waals surface area contributed by atoms with Gasteiger partial charge in [-0.15, -0.1) is 0 Å². The highest BCUT2D eigenvalue weighted by Gasteiger charge is 2.29. The van der Waals surface area contributed by atoms with Crippen molar-refractivity contribution in [1.29, 1.82) is 0 Å². The second-order valence-electron chi connectivity index (χ2n) is 12.5. The number of amides is 2. The van der Waals surface area contributed by atoms with Crippen LogP contribution in [-0.2, 0) is 18.6 Å². The van der Waals surface area contributed by atoms with Crippen LogP contribution in [0.2, 0.25) is 0 Å². The zero-order valence-corrected chi connectivity index (χ0v) is 29.5. The van der Waals surface area contributed by atoms with Crippen LogP contribution in [0.1, 0.15) is 52.4 Å². The van der Waals surface area contributed by atoms with E-state index in [9.17, 15) is 9.59 Å². The fraction of sp³-hybridized carbons (Fsp3) is 0.238.